The molecule has 21 heavy (non-hydrogen) atoms. The maximum Gasteiger partial charge on any atom is 0.165 e. The van der Waals surface area contributed by atoms with Crippen LogP contribution in [0.25, 0.3) is 0 Å². The van der Waals surface area contributed by atoms with Gasteiger partial charge in [-0.25, -0.2) is 0 Å². The Morgan fingerprint density at radius 2 is 2.05 bits per heavy atom. The van der Waals surface area contributed by atoms with Gasteiger partial charge >= 0.3 is 0 Å². The molecule has 0 aliphatic carbocycles. The summed E-state index contributed by atoms with van der Waals surface area (Å²) >= 11 is 3.57. The van der Waals surface area contributed by atoms with E-state index >= 15 is 0 Å². The van der Waals surface area contributed by atoms with Crippen molar-refractivity contribution in [1.29, 1.82) is 0 Å². The summed E-state index contributed by atoms with van der Waals surface area (Å²) in [7, 11) is 0. The fourth-order valence-corrected chi connectivity index (χ4v) is 2.35. The second-order valence-corrected chi connectivity index (χ2v) is 6.51. The summed E-state index contributed by atoms with van der Waals surface area (Å²) in [6.07, 6.45) is 3.64. The Kier molecular flexibility index (Phi) is 5.42. The normalized spacial score (nSPS) is 11.4. The van der Waals surface area contributed by atoms with E-state index in [0.717, 1.165) is 22.5 Å². The van der Waals surface area contributed by atoms with Crippen molar-refractivity contribution >= 4 is 15.9 Å². The molecular weight excluding hydrogens is 330 g/mol. The lowest BCUT2D eigenvalue weighted by atomic mass is 10.2. The van der Waals surface area contributed by atoms with Gasteiger partial charge < -0.3 is 10.1 Å². The molecule has 0 radical (unpaired) electrons. The molecule has 0 atom stereocenters. The molecule has 1 aromatic heterocycles. The maximum absolute atomic E-state index is 5.87. The Morgan fingerprint density at radius 3 is 2.62 bits per heavy atom. The van der Waals surface area contributed by atoms with E-state index in [1.165, 1.54) is 5.56 Å². The summed E-state index contributed by atoms with van der Waals surface area (Å²) in [5.41, 5.74) is 1.22. The number of benzene rings is 1. The highest BCUT2D eigenvalue weighted by molar-refractivity contribution is 9.10. The fourth-order valence-electron chi connectivity index (χ4n) is 1.84. The van der Waals surface area contributed by atoms with E-state index in [2.05, 4.69) is 66.2 Å². The smallest absolute Gasteiger partial charge is 0.165 e. The van der Waals surface area contributed by atoms with Crippen LogP contribution in [0, 0.1) is 0 Å². The van der Waals surface area contributed by atoms with Crippen molar-refractivity contribution in [1.82, 2.24) is 15.1 Å². The van der Waals surface area contributed by atoms with Crippen LogP contribution in [0.1, 0.15) is 39.3 Å². The number of hydrogen-bond donors (Lipinski definition) is 1. The highest BCUT2D eigenvalue weighted by atomic mass is 79.9. The molecular formula is C16H22BrN3O. The molecule has 1 N–H and O–H groups in total. The Bertz CT molecular complexity index is 593. The number of nitrogens with zero attached hydrogens (tertiary/aromatic N) is 2. The van der Waals surface area contributed by atoms with E-state index in [1.807, 2.05) is 16.9 Å². The Labute approximate surface area is 134 Å². The van der Waals surface area contributed by atoms with Crippen LogP contribution in [0.5, 0.6) is 11.5 Å². The second-order valence-electron chi connectivity index (χ2n) is 5.65. The first-order chi connectivity index (χ1) is 9.95. The molecule has 4 nitrogen and oxygen atoms in total. The van der Waals surface area contributed by atoms with Gasteiger partial charge in [-0.1, -0.05) is 19.9 Å². The molecule has 2 aromatic rings. The lowest BCUT2D eigenvalue weighted by molar-refractivity contribution is 0.474. The van der Waals surface area contributed by atoms with Crippen LogP contribution in [-0.2, 0) is 6.54 Å². The molecule has 2 rings (SSSR count). The van der Waals surface area contributed by atoms with Gasteiger partial charge in [0.2, 0.25) is 0 Å². The van der Waals surface area contributed by atoms with Crippen LogP contribution in [0.4, 0.5) is 0 Å². The molecule has 0 aliphatic heterocycles. The Morgan fingerprint density at radius 1 is 1.29 bits per heavy atom. The van der Waals surface area contributed by atoms with E-state index in [4.69, 9.17) is 4.74 Å². The molecule has 114 valence electrons. The minimum absolute atomic E-state index is 0.329. The van der Waals surface area contributed by atoms with Crippen molar-refractivity contribution in [2.24, 2.45) is 0 Å². The number of rotatable bonds is 6. The third-order valence-corrected chi connectivity index (χ3v) is 3.67. The van der Waals surface area contributed by atoms with Crippen molar-refractivity contribution in [3.05, 3.63) is 40.6 Å². The lowest BCUT2D eigenvalue weighted by Crippen LogP contribution is -2.21. The van der Waals surface area contributed by atoms with Crippen molar-refractivity contribution in [3.63, 3.8) is 0 Å². The Balaban J connectivity index is 2.06. The highest BCUT2D eigenvalue weighted by Crippen LogP contribution is 2.30. The van der Waals surface area contributed by atoms with Crippen LogP contribution in [0.3, 0.4) is 0 Å². The SMILES string of the molecule is CC(C)NCc1ccc(Oc2cnn(C(C)C)c2)c(Br)c1. The van der Waals surface area contributed by atoms with E-state index < -0.39 is 0 Å². The van der Waals surface area contributed by atoms with Gasteiger partial charge in [0.05, 0.1) is 16.9 Å². The molecule has 0 saturated heterocycles. The lowest BCUT2D eigenvalue weighted by Gasteiger charge is -2.10. The number of hydrogen-bond acceptors (Lipinski definition) is 3. The third-order valence-electron chi connectivity index (χ3n) is 3.05. The average molecular weight is 352 g/mol. The zero-order valence-corrected chi connectivity index (χ0v) is 14.5. The summed E-state index contributed by atoms with van der Waals surface area (Å²) in [5, 5.41) is 7.67. The van der Waals surface area contributed by atoms with Crippen molar-refractivity contribution in [2.45, 2.75) is 46.3 Å². The van der Waals surface area contributed by atoms with Gasteiger partial charge in [0, 0.05) is 18.6 Å². The zero-order chi connectivity index (χ0) is 15.4. The largest absolute Gasteiger partial charge is 0.453 e. The number of aromatic nitrogens is 2. The highest BCUT2D eigenvalue weighted by Gasteiger charge is 2.07. The van der Waals surface area contributed by atoms with E-state index in [-0.39, 0.29) is 0 Å². The minimum atomic E-state index is 0.329. The molecule has 0 fully saturated rings. The van der Waals surface area contributed by atoms with Gasteiger partial charge in [-0.3, -0.25) is 4.68 Å². The molecule has 0 aliphatic rings. The summed E-state index contributed by atoms with van der Waals surface area (Å²) < 4.78 is 8.70. The standard InChI is InChI=1S/C16H22BrN3O/c1-11(2)18-8-13-5-6-16(15(17)7-13)21-14-9-19-20(10-14)12(3)4/h5-7,9-12,18H,8H2,1-4H3. The molecule has 0 saturated carbocycles. The minimum Gasteiger partial charge on any atom is -0.453 e. The molecule has 5 heteroatoms. The first-order valence-electron chi connectivity index (χ1n) is 7.19. The molecule has 0 unspecified atom stereocenters. The maximum atomic E-state index is 5.87. The summed E-state index contributed by atoms with van der Waals surface area (Å²) in [4.78, 5) is 0. The summed E-state index contributed by atoms with van der Waals surface area (Å²) in [6, 6.07) is 6.94. The van der Waals surface area contributed by atoms with Crippen molar-refractivity contribution in [2.75, 3.05) is 0 Å². The van der Waals surface area contributed by atoms with Crippen molar-refractivity contribution in [3.8, 4) is 11.5 Å². The van der Waals surface area contributed by atoms with Gasteiger partial charge in [0.25, 0.3) is 0 Å². The van der Waals surface area contributed by atoms with Gasteiger partial charge in [-0.05, 0) is 47.5 Å². The third kappa shape index (κ3) is 4.58. The van der Waals surface area contributed by atoms with E-state index in [9.17, 15) is 0 Å². The first kappa shape index (κ1) is 16.0. The Hall–Kier alpha value is -1.33. The second kappa shape index (κ2) is 7.09. The van der Waals surface area contributed by atoms with E-state index in [1.54, 1.807) is 6.20 Å². The summed E-state index contributed by atoms with van der Waals surface area (Å²) in [5.74, 6) is 1.55. The molecule has 0 amide bonds. The predicted octanol–water partition coefficient (Wildman–Crippen LogP) is 4.52. The average Bonchev–Trinajstić information content (AvgIpc) is 2.88. The van der Waals surface area contributed by atoms with Gasteiger partial charge in [-0.2, -0.15) is 5.10 Å². The van der Waals surface area contributed by atoms with E-state index in [0.29, 0.717) is 12.1 Å². The van der Waals surface area contributed by atoms with Crippen LogP contribution >= 0.6 is 15.9 Å². The predicted molar refractivity (Wildman–Crippen MR) is 88.8 cm³/mol. The molecule has 1 heterocycles. The van der Waals surface area contributed by atoms with Crippen LogP contribution < -0.4 is 10.1 Å². The van der Waals surface area contributed by atoms with Gasteiger partial charge in [0.15, 0.2) is 5.75 Å². The van der Waals surface area contributed by atoms with Crippen LogP contribution in [0.15, 0.2) is 35.1 Å². The van der Waals surface area contributed by atoms with Crippen LogP contribution in [0.2, 0.25) is 0 Å². The van der Waals surface area contributed by atoms with Gasteiger partial charge in [-0.15, -0.1) is 0 Å². The summed E-state index contributed by atoms with van der Waals surface area (Å²) in [6.45, 7) is 9.30. The van der Waals surface area contributed by atoms with Gasteiger partial charge in [0.1, 0.15) is 5.75 Å². The van der Waals surface area contributed by atoms with Crippen molar-refractivity contribution < 1.29 is 4.74 Å². The van der Waals surface area contributed by atoms with Crippen LogP contribution in [-0.4, -0.2) is 15.8 Å². The quantitative estimate of drug-likeness (QED) is 0.831. The first-order valence-corrected chi connectivity index (χ1v) is 7.99. The topological polar surface area (TPSA) is 39.1 Å². The monoisotopic (exact) mass is 351 g/mol. The number of halogens is 1. The molecule has 1 aromatic carbocycles. The fraction of sp³-hybridized carbons (Fsp3) is 0.438. The zero-order valence-electron chi connectivity index (χ0n) is 12.9. The molecule has 0 spiro atoms. The molecule has 0 bridgehead atoms. The number of nitrogens with one attached hydrogen (secondary N) is 1. The number of ether oxygens (including phenoxy) is 1.